The van der Waals surface area contributed by atoms with E-state index in [1.807, 2.05) is 18.2 Å². The van der Waals surface area contributed by atoms with E-state index < -0.39 is 0 Å². The summed E-state index contributed by atoms with van der Waals surface area (Å²) in [6.45, 7) is 6.64. The molecule has 0 aromatic heterocycles. The van der Waals surface area contributed by atoms with Gasteiger partial charge in [-0.05, 0) is 12.1 Å². The maximum Gasteiger partial charge on any atom is 0.203 e. The lowest BCUT2D eigenvalue weighted by atomic mass is 10.3. The Bertz CT molecular complexity index is 395. The number of methoxy groups -OCH3 is 2. The monoisotopic (exact) mass is 282 g/mol. The fourth-order valence-electron chi connectivity index (χ4n) is 2.54. The number of rotatable bonds is 6. The van der Waals surface area contributed by atoms with E-state index in [-0.39, 0.29) is 0 Å². The molecule has 0 aliphatic carbocycles. The molecule has 5 nitrogen and oxygen atoms in total. The normalized spacial score (nSPS) is 22.4. The second-order valence-corrected chi connectivity index (χ2v) is 5.30. The maximum absolute atomic E-state index is 5.90. The molecule has 1 heterocycles. The molecular formula is C15H26N2O3+2. The molecule has 1 aliphatic rings. The van der Waals surface area contributed by atoms with Gasteiger partial charge in [-0.25, -0.2) is 0 Å². The van der Waals surface area contributed by atoms with Crippen LogP contribution in [-0.4, -0.2) is 60.6 Å². The van der Waals surface area contributed by atoms with Gasteiger partial charge in [-0.2, -0.15) is 0 Å². The number of quaternary nitrogens is 2. The van der Waals surface area contributed by atoms with Crippen molar-refractivity contribution in [2.24, 2.45) is 0 Å². The Morgan fingerprint density at radius 2 is 1.60 bits per heavy atom. The molecule has 2 N–H and O–H groups in total. The smallest absolute Gasteiger partial charge is 0.203 e. The molecule has 0 unspecified atom stereocenters. The standard InChI is InChI=1S/C15H24N2O3/c1-16-7-9-17(10-8-16)11-12-20-15-13(18-2)5-4-6-14(15)19-3/h4-6H,7-12H2,1-3H3/p+2. The molecule has 1 fully saturated rings. The summed E-state index contributed by atoms with van der Waals surface area (Å²) in [5.74, 6) is 2.15. The third kappa shape index (κ3) is 3.77. The molecule has 1 aliphatic heterocycles. The second-order valence-electron chi connectivity index (χ2n) is 5.30. The Balaban J connectivity index is 1.87. The first-order valence-electron chi connectivity index (χ1n) is 7.23. The topological polar surface area (TPSA) is 36.6 Å². The summed E-state index contributed by atoms with van der Waals surface area (Å²) in [5.41, 5.74) is 0. The van der Waals surface area contributed by atoms with Crippen LogP contribution in [0.5, 0.6) is 17.2 Å². The minimum Gasteiger partial charge on any atom is -0.493 e. The lowest BCUT2D eigenvalue weighted by molar-refractivity contribution is -1.00. The number of benzene rings is 1. The van der Waals surface area contributed by atoms with E-state index in [0.29, 0.717) is 12.4 Å². The van der Waals surface area contributed by atoms with E-state index in [1.165, 1.54) is 26.2 Å². The number of piperazine rings is 1. The van der Waals surface area contributed by atoms with Gasteiger partial charge in [-0.3, -0.25) is 0 Å². The summed E-state index contributed by atoms with van der Waals surface area (Å²) in [7, 11) is 5.55. The molecule has 0 bridgehead atoms. The third-order valence-electron chi connectivity index (χ3n) is 3.90. The second kappa shape index (κ2) is 7.36. The zero-order valence-electron chi connectivity index (χ0n) is 12.7. The van der Waals surface area contributed by atoms with Crippen LogP contribution in [0.3, 0.4) is 0 Å². The van der Waals surface area contributed by atoms with Crippen molar-refractivity contribution < 1.29 is 24.0 Å². The van der Waals surface area contributed by atoms with E-state index in [2.05, 4.69) is 7.05 Å². The highest BCUT2D eigenvalue weighted by molar-refractivity contribution is 5.51. The van der Waals surface area contributed by atoms with Crippen molar-refractivity contribution in [3.05, 3.63) is 18.2 Å². The number of hydrogen-bond acceptors (Lipinski definition) is 3. The average Bonchev–Trinajstić information content (AvgIpc) is 2.49. The van der Waals surface area contributed by atoms with Crippen molar-refractivity contribution in [3.63, 3.8) is 0 Å². The number of para-hydroxylation sites is 1. The molecule has 2 rings (SSSR count). The van der Waals surface area contributed by atoms with Crippen LogP contribution in [-0.2, 0) is 0 Å². The molecule has 0 atom stereocenters. The van der Waals surface area contributed by atoms with Gasteiger partial charge in [0.15, 0.2) is 11.5 Å². The zero-order chi connectivity index (χ0) is 14.4. The van der Waals surface area contributed by atoms with Gasteiger partial charge in [0.2, 0.25) is 5.75 Å². The Morgan fingerprint density at radius 3 is 2.15 bits per heavy atom. The van der Waals surface area contributed by atoms with Gasteiger partial charge >= 0.3 is 0 Å². The van der Waals surface area contributed by atoms with Crippen LogP contribution in [0, 0.1) is 0 Å². The largest absolute Gasteiger partial charge is 0.493 e. The molecule has 0 spiro atoms. The van der Waals surface area contributed by atoms with Crippen LogP contribution in [0.4, 0.5) is 0 Å². The molecule has 0 saturated carbocycles. The summed E-state index contributed by atoms with van der Waals surface area (Å²) in [4.78, 5) is 3.24. The van der Waals surface area contributed by atoms with E-state index in [0.717, 1.165) is 18.0 Å². The van der Waals surface area contributed by atoms with Gasteiger partial charge in [-0.1, -0.05) is 6.07 Å². The van der Waals surface area contributed by atoms with Crippen LogP contribution < -0.4 is 24.0 Å². The Morgan fingerprint density at radius 1 is 1.00 bits per heavy atom. The summed E-state index contributed by atoms with van der Waals surface area (Å²) in [6.07, 6.45) is 0. The lowest BCUT2D eigenvalue weighted by Crippen LogP contribution is -3.27. The van der Waals surface area contributed by atoms with Crippen LogP contribution in [0.25, 0.3) is 0 Å². The average molecular weight is 282 g/mol. The summed E-state index contributed by atoms with van der Waals surface area (Å²) >= 11 is 0. The molecule has 1 aromatic rings. The van der Waals surface area contributed by atoms with Gasteiger partial charge in [0.1, 0.15) is 39.3 Å². The predicted molar refractivity (Wildman–Crippen MR) is 77.2 cm³/mol. The molecule has 1 aromatic carbocycles. The van der Waals surface area contributed by atoms with Crippen LogP contribution in [0.1, 0.15) is 0 Å². The van der Waals surface area contributed by atoms with E-state index in [9.17, 15) is 0 Å². The summed E-state index contributed by atoms with van der Waals surface area (Å²) in [5, 5.41) is 0. The SMILES string of the molecule is COc1cccc(OC)c1OCC[NH+]1CC[NH+](C)CC1. The van der Waals surface area contributed by atoms with Crippen molar-refractivity contribution >= 4 is 0 Å². The zero-order valence-corrected chi connectivity index (χ0v) is 12.7. The number of hydrogen-bond donors (Lipinski definition) is 2. The van der Waals surface area contributed by atoms with Crippen molar-refractivity contribution in [1.82, 2.24) is 0 Å². The van der Waals surface area contributed by atoms with Crippen molar-refractivity contribution in [2.75, 3.05) is 60.6 Å². The van der Waals surface area contributed by atoms with Crippen molar-refractivity contribution in [2.45, 2.75) is 0 Å². The molecule has 0 amide bonds. The van der Waals surface area contributed by atoms with Gasteiger partial charge < -0.3 is 24.0 Å². The summed E-state index contributed by atoms with van der Waals surface area (Å²) in [6, 6.07) is 5.69. The summed E-state index contributed by atoms with van der Waals surface area (Å²) < 4.78 is 16.6. The lowest BCUT2D eigenvalue weighted by Gasteiger charge is -2.27. The van der Waals surface area contributed by atoms with Crippen molar-refractivity contribution in [3.8, 4) is 17.2 Å². The van der Waals surface area contributed by atoms with Gasteiger partial charge in [-0.15, -0.1) is 0 Å². The molecule has 112 valence electrons. The molecular weight excluding hydrogens is 256 g/mol. The number of nitrogens with one attached hydrogen (secondary N) is 2. The Hall–Kier alpha value is -1.46. The van der Waals surface area contributed by atoms with E-state index in [4.69, 9.17) is 14.2 Å². The molecule has 0 radical (unpaired) electrons. The quantitative estimate of drug-likeness (QED) is 0.666. The highest BCUT2D eigenvalue weighted by Gasteiger charge is 2.20. The van der Waals surface area contributed by atoms with E-state index in [1.54, 1.807) is 24.0 Å². The third-order valence-corrected chi connectivity index (χ3v) is 3.90. The van der Waals surface area contributed by atoms with Crippen LogP contribution >= 0.6 is 0 Å². The molecule has 20 heavy (non-hydrogen) atoms. The number of ether oxygens (including phenoxy) is 3. The molecule has 1 saturated heterocycles. The highest BCUT2D eigenvalue weighted by atomic mass is 16.5. The van der Waals surface area contributed by atoms with Gasteiger partial charge in [0, 0.05) is 0 Å². The fourth-order valence-corrected chi connectivity index (χ4v) is 2.54. The van der Waals surface area contributed by atoms with Crippen LogP contribution in [0.2, 0.25) is 0 Å². The highest BCUT2D eigenvalue weighted by Crippen LogP contribution is 2.36. The minimum absolute atomic E-state index is 0.686. The van der Waals surface area contributed by atoms with Crippen molar-refractivity contribution in [1.29, 1.82) is 0 Å². The first-order valence-corrected chi connectivity index (χ1v) is 7.23. The first kappa shape index (κ1) is 14.9. The predicted octanol–water partition coefficient (Wildman–Crippen LogP) is -1.50. The van der Waals surface area contributed by atoms with E-state index >= 15 is 0 Å². The fraction of sp³-hybridized carbons (Fsp3) is 0.600. The van der Waals surface area contributed by atoms with Gasteiger partial charge in [0.25, 0.3) is 0 Å². The maximum atomic E-state index is 5.90. The molecule has 5 heteroatoms. The Kier molecular flexibility index (Phi) is 5.49. The number of likely N-dealkylation sites (N-methyl/N-ethyl adjacent to an activating group) is 1. The Labute approximate surface area is 121 Å². The first-order chi connectivity index (χ1) is 9.74. The van der Waals surface area contributed by atoms with Gasteiger partial charge in [0.05, 0.1) is 21.3 Å². The minimum atomic E-state index is 0.686. The van der Waals surface area contributed by atoms with Crippen LogP contribution in [0.15, 0.2) is 18.2 Å².